The minimum atomic E-state index is -0.961. The largest absolute Gasteiger partial charge is 0.355 e. The van der Waals surface area contributed by atoms with Crippen LogP contribution in [0.1, 0.15) is 37.7 Å². The predicted molar refractivity (Wildman–Crippen MR) is 113 cm³/mol. The van der Waals surface area contributed by atoms with Crippen LogP contribution in [0.4, 0.5) is 15.8 Å². The van der Waals surface area contributed by atoms with E-state index in [1.165, 1.54) is 16.5 Å². The van der Waals surface area contributed by atoms with E-state index in [1.54, 1.807) is 0 Å². The van der Waals surface area contributed by atoms with E-state index in [1.807, 2.05) is 18.2 Å². The summed E-state index contributed by atoms with van der Waals surface area (Å²) in [5, 5.41) is 14.1. The van der Waals surface area contributed by atoms with Gasteiger partial charge >= 0.3 is 5.69 Å². The van der Waals surface area contributed by atoms with Gasteiger partial charge in [0, 0.05) is 31.0 Å². The van der Waals surface area contributed by atoms with Gasteiger partial charge in [0.25, 0.3) is 0 Å². The molecule has 2 aromatic carbocycles. The third-order valence-electron chi connectivity index (χ3n) is 6.48. The van der Waals surface area contributed by atoms with Gasteiger partial charge in [0.2, 0.25) is 17.6 Å². The lowest BCUT2D eigenvalue weighted by molar-refractivity contribution is -0.387. The lowest BCUT2D eigenvalue weighted by Crippen LogP contribution is -2.42. The van der Waals surface area contributed by atoms with E-state index in [0.717, 1.165) is 37.8 Å². The van der Waals surface area contributed by atoms with Crippen molar-refractivity contribution in [3.63, 3.8) is 0 Å². The van der Waals surface area contributed by atoms with Crippen LogP contribution in [-0.4, -0.2) is 29.8 Å². The normalized spacial score (nSPS) is 20.1. The summed E-state index contributed by atoms with van der Waals surface area (Å²) in [4.78, 5) is 36.8. The van der Waals surface area contributed by atoms with Crippen molar-refractivity contribution < 1.29 is 18.9 Å². The Bertz CT molecular complexity index is 1010. The molecule has 0 radical (unpaired) electrons. The summed E-state index contributed by atoms with van der Waals surface area (Å²) in [5.74, 6) is -2.02. The van der Waals surface area contributed by atoms with Crippen molar-refractivity contribution in [1.82, 2.24) is 5.32 Å². The van der Waals surface area contributed by atoms with Gasteiger partial charge in [-0.2, -0.15) is 4.39 Å². The number of nitrogens with one attached hydrogen (secondary N) is 1. The number of benzene rings is 2. The summed E-state index contributed by atoms with van der Waals surface area (Å²) in [5.41, 5.74) is 0.668. The lowest BCUT2D eigenvalue weighted by atomic mass is 9.78. The Balaban J connectivity index is 1.44. The minimum Gasteiger partial charge on any atom is -0.355 e. The molecule has 0 bridgehead atoms. The molecule has 0 aromatic heterocycles. The van der Waals surface area contributed by atoms with Crippen molar-refractivity contribution in [3.05, 3.63) is 70.0 Å². The molecule has 162 valence electrons. The van der Waals surface area contributed by atoms with Crippen LogP contribution in [0.25, 0.3) is 0 Å². The van der Waals surface area contributed by atoms with Crippen molar-refractivity contribution in [2.45, 2.75) is 37.5 Å². The van der Waals surface area contributed by atoms with Crippen LogP contribution in [0.15, 0.2) is 48.5 Å². The van der Waals surface area contributed by atoms with Gasteiger partial charge in [0.05, 0.1) is 16.5 Å². The van der Waals surface area contributed by atoms with Gasteiger partial charge in [-0.05, 0) is 30.5 Å². The molecule has 1 unspecified atom stereocenters. The molecule has 1 saturated carbocycles. The van der Waals surface area contributed by atoms with Crippen molar-refractivity contribution >= 4 is 23.2 Å². The Labute approximate surface area is 179 Å². The Morgan fingerprint density at radius 1 is 1.19 bits per heavy atom. The molecule has 1 heterocycles. The van der Waals surface area contributed by atoms with E-state index in [2.05, 4.69) is 17.4 Å². The highest BCUT2D eigenvalue weighted by Crippen LogP contribution is 2.40. The average Bonchev–Trinajstić information content (AvgIpc) is 3.41. The number of halogens is 1. The number of amides is 2. The fourth-order valence-electron chi connectivity index (χ4n) is 4.75. The van der Waals surface area contributed by atoms with Crippen molar-refractivity contribution in [2.75, 3.05) is 18.0 Å². The molecule has 8 heteroatoms. The zero-order chi connectivity index (χ0) is 22.0. The number of hydrogen-bond donors (Lipinski definition) is 1. The SMILES string of the molecule is O=C(NCC1(c2ccccc2)CCCC1)C1CC(=O)N(c2ccc(F)c([N+](=O)[O-])c2)C1. The van der Waals surface area contributed by atoms with Crippen LogP contribution in [0.2, 0.25) is 0 Å². The number of rotatable bonds is 6. The third-order valence-corrected chi connectivity index (χ3v) is 6.48. The van der Waals surface area contributed by atoms with Crippen molar-refractivity contribution in [2.24, 2.45) is 5.92 Å². The van der Waals surface area contributed by atoms with Crippen LogP contribution < -0.4 is 10.2 Å². The molecule has 2 amide bonds. The van der Waals surface area contributed by atoms with Crippen LogP contribution >= 0.6 is 0 Å². The number of nitrogens with zero attached hydrogens (tertiary/aromatic N) is 2. The summed E-state index contributed by atoms with van der Waals surface area (Å²) < 4.78 is 13.6. The smallest absolute Gasteiger partial charge is 0.306 e. The monoisotopic (exact) mass is 425 g/mol. The molecule has 1 aliphatic heterocycles. The molecule has 1 aliphatic carbocycles. The number of carbonyl (C=O) groups is 2. The summed E-state index contributed by atoms with van der Waals surface area (Å²) >= 11 is 0. The van der Waals surface area contributed by atoms with E-state index >= 15 is 0 Å². The lowest BCUT2D eigenvalue weighted by Gasteiger charge is -2.30. The van der Waals surface area contributed by atoms with Crippen LogP contribution in [0.3, 0.4) is 0 Å². The Hall–Kier alpha value is -3.29. The van der Waals surface area contributed by atoms with Gasteiger partial charge in [0.1, 0.15) is 0 Å². The van der Waals surface area contributed by atoms with E-state index in [4.69, 9.17) is 0 Å². The molecule has 2 fully saturated rings. The van der Waals surface area contributed by atoms with E-state index in [0.29, 0.717) is 6.54 Å². The maximum Gasteiger partial charge on any atom is 0.306 e. The van der Waals surface area contributed by atoms with Gasteiger partial charge < -0.3 is 10.2 Å². The average molecular weight is 425 g/mol. The van der Waals surface area contributed by atoms with Gasteiger partial charge in [-0.15, -0.1) is 0 Å². The van der Waals surface area contributed by atoms with E-state index in [-0.39, 0.29) is 35.9 Å². The molecular weight excluding hydrogens is 401 g/mol. The van der Waals surface area contributed by atoms with Gasteiger partial charge in [-0.1, -0.05) is 43.2 Å². The first-order valence-electron chi connectivity index (χ1n) is 10.5. The highest BCUT2D eigenvalue weighted by atomic mass is 19.1. The first-order chi connectivity index (χ1) is 14.9. The zero-order valence-corrected chi connectivity index (χ0v) is 17.1. The Morgan fingerprint density at radius 3 is 2.58 bits per heavy atom. The van der Waals surface area contributed by atoms with Crippen LogP contribution in [-0.2, 0) is 15.0 Å². The predicted octanol–water partition coefficient (Wildman–Crippen LogP) is 3.72. The Morgan fingerprint density at radius 2 is 1.90 bits per heavy atom. The maximum atomic E-state index is 13.6. The van der Waals surface area contributed by atoms with Crippen molar-refractivity contribution in [3.8, 4) is 0 Å². The summed E-state index contributed by atoms with van der Waals surface area (Å²) in [6.07, 6.45) is 4.27. The first-order valence-corrected chi connectivity index (χ1v) is 10.5. The van der Waals surface area contributed by atoms with E-state index < -0.39 is 22.3 Å². The highest BCUT2D eigenvalue weighted by Gasteiger charge is 2.39. The first kappa shape index (κ1) is 21.0. The zero-order valence-electron chi connectivity index (χ0n) is 17.1. The summed E-state index contributed by atoms with van der Waals surface area (Å²) in [6, 6.07) is 13.5. The summed E-state index contributed by atoms with van der Waals surface area (Å²) in [7, 11) is 0. The standard InChI is InChI=1S/C23H24FN3O4/c24-19-9-8-18(13-20(19)27(30)31)26-14-16(12-21(26)28)22(29)25-15-23(10-4-5-11-23)17-6-2-1-3-7-17/h1-3,6-9,13,16H,4-5,10-12,14-15H2,(H,25,29). The molecule has 2 aromatic rings. The molecule has 1 saturated heterocycles. The molecule has 31 heavy (non-hydrogen) atoms. The quantitative estimate of drug-likeness (QED) is 0.564. The number of hydrogen-bond acceptors (Lipinski definition) is 4. The molecule has 1 N–H and O–H groups in total. The molecule has 7 nitrogen and oxygen atoms in total. The van der Waals surface area contributed by atoms with Gasteiger partial charge in [-0.3, -0.25) is 19.7 Å². The second kappa shape index (κ2) is 8.45. The summed E-state index contributed by atoms with van der Waals surface area (Å²) in [6.45, 7) is 0.633. The third kappa shape index (κ3) is 4.15. The van der Waals surface area contributed by atoms with Crippen molar-refractivity contribution in [1.29, 1.82) is 0 Å². The Kier molecular flexibility index (Phi) is 5.71. The second-order valence-corrected chi connectivity index (χ2v) is 8.37. The topological polar surface area (TPSA) is 92.6 Å². The highest BCUT2D eigenvalue weighted by molar-refractivity contribution is 6.00. The molecule has 4 rings (SSSR count). The number of nitro groups is 1. The molecule has 2 aliphatic rings. The fourth-order valence-corrected chi connectivity index (χ4v) is 4.75. The maximum absolute atomic E-state index is 13.6. The fraction of sp³-hybridized carbons (Fsp3) is 0.391. The van der Waals surface area contributed by atoms with Crippen LogP contribution in [0, 0.1) is 21.8 Å². The number of carbonyl (C=O) groups excluding carboxylic acids is 2. The van der Waals surface area contributed by atoms with E-state index in [9.17, 15) is 24.1 Å². The number of nitro benzene ring substituents is 1. The molecule has 1 atom stereocenters. The second-order valence-electron chi connectivity index (χ2n) is 8.37. The number of anilines is 1. The van der Waals surface area contributed by atoms with Gasteiger partial charge in [0.15, 0.2) is 0 Å². The van der Waals surface area contributed by atoms with Crippen LogP contribution in [0.5, 0.6) is 0 Å². The molecule has 0 spiro atoms. The van der Waals surface area contributed by atoms with Gasteiger partial charge in [-0.25, -0.2) is 0 Å². The minimum absolute atomic E-state index is 0.0232. The molecular formula is C23H24FN3O4.